The van der Waals surface area contributed by atoms with Crippen molar-refractivity contribution in [3.63, 3.8) is 0 Å². The number of rotatable bonds is 36. The molecule has 3 heterocycles. The summed E-state index contributed by atoms with van der Waals surface area (Å²) in [5, 5.41) is 2.25. The minimum absolute atomic E-state index is 0.231. The second kappa shape index (κ2) is 32.9. The lowest BCUT2D eigenvalue weighted by Crippen LogP contribution is -2.10. The van der Waals surface area contributed by atoms with E-state index in [-0.39, 0.29) is 26.4 Å². The van der Waals surface area contributed by atoms with Crippen LogP contribution < -0.4 is 33.2 Å². The maximum Gasteiger partial charge on any atom is 0.203 e. The zero-order valence-electron chi connectivity index (χ0n) is 44.4. The highest BCUT2D eigenvalue weighted by Gasteiger charge is 2.26. The molecule has 1 aromatic heterocycles. The zero-order chi connectivity index (χ0) is 54.0. The summed E-state index contributed by atoms with van der Waals surface area (Å²) in [6.07, 6.45) is 6.63. The molecule has 5 aromatic carbocycles. The van der Waals surface area contributed by atoms with E-state index < -0.39 is 0 Å². The molecular formula is C59H67NO13S5. The predicted molar refractivity (Wildman–Crippen MR) is 313 cm³/mol. The van der Waals surface area contributed by atoms with E-state index in [9.17, 15) is 0 Å². The van der Waals surface area contributed by atoms with Crippen LogP contribution in [-0.4, -0.2) is 111 Å². The van der Waals surface area contributed by atoms with Crippen LogP contribution in [0.5, 0.6) is 40.2 Å². The molecule has 0 amide bonds. The molecule has 2 aliphatic heterocycles. The van der Waals surface area contributed by atoms with Gasteiger partial charge in [0.15, 0.2) is 11.5 Å². The lowest BCUT2D eigenvalue weighted by atomic mass is 10.1. The average molecular weight is 1160 g/mol. The summed E-state index contributed by atoms with van der Waals surface area (Å²) >= 11 is 9.24. The Morgan fingerprint density at radius 1 is 0.397 bits per heavy atom. The quantitative estimate of drug-likeness (QED) is 0.0346. The molecule has 0 saturated heterocycles. The van der Waals surface area contributed by atoms with E-state index in [1.807, 2.05) is 144 Å². The number of benzene rings is 5. The van der Waals surface area contributed by atoms with E-state index in [2.05, 4.69) is 40.8 Å². The third-order valence-corrected chi connectivity index (χ3v) is 18.1. The second-order valence-electron chi connectivity index (χ2n) is 17.3. The van der Waals surface area contributed by atoms with Gasteiger partial charge in [-0.05, 0) is 100 Å². The summed E-state index contributed by atoms with van der Waals surface area (Å²) in [7, 11) is 4.95. The summed E-state index contributed by atoms with van der Waals surface area (Å²) in [5.41, 5.74) is 4.81. The van der Waals surface area contributed by atoms with Gasteiger partial charge in [0.25, 0.3) is 0 Å². The molecule has 0 fully saturated rings. The fourth-order valence-electron chi connectivity index (χ4n) is 7.49. The first-order valence-electron chi connectivity index (χ1n) is 25.5. The lowest BCUT2D eigenvalue weighted by Gasteiger charge is -2.20. The fourth-order valence-corrected chi connectivity index (χ4v) is 13.5. The Kier molecular flexibility index (Phi) is 24.9. The topological polar surface area (TPSA) is 125 Å². The van der Waals surface area contributed by atoms with Crippen molar-refractivity contribution >= 4 is 58.8 Å². The van der Waals surface area contributed by atoms with E-state index in [1.165, 1.54) is 28.1 Å². The number of fused-ring (bicyclic) bond motifs is 1. The van der Waals surface area contributed by atoms with Crippen LogP contribution in [0.15, 0.2) is 149 Å². The Labute approximate surface area is 479 Å². The molecule has 0 N–H and O–H groups in total. The van der Waals surface area contributed by atoms with Crippen LogP contribution in [0.25, 0.3) is 0 Å². The summed E-state index contributed by atoms with van der Waals surface area (Å²) < 4.78 is 82.4. The van der Waals surface area contributed by atoms with Gasteiger partial charge in [-0.1, -0.05) is 95.6 Å². The third kappa shape index (κ3) is 19.4. The number of methoxy groups -OCH3 is 3. The number of aromatic nitrogens is 1. The smallest absolute Gasteiger partial charge is 0.203 e. The summed E-state index contributed by atoms with van der Waals surface area (Å²) in [6, 6.07) is 35.6. The summed E-state index contributed by atoms with van der Waals surface area (Å²) in [5.74, 6) is 4.40. The van der Waals surface area contributed by atoms with Crippen molar-refractivity contribution in [3.05, 3.63) is 168 Å². The molecule has 0 aliphatic carbocycles. The molecule has 416 valence electrons. The van der Waals surface area contributed by atoms with Gasteiger partial charge in [-0.2, -0.15) is 0 Å². The predicted octanol–water partition coefficient (Wildman–Crippen LogP) is 12.9. The molecule has 0 spiro atoms. The van der Waals surface area contributed by atoms with Gasteiger partial charge in [0.05, 0.1) is 72.2 Å². The molecule has 19 heteroatoms. The zero-order valence-corrected chi connectivity index (χ0v) is 48.5. The minimum atomic E-state index is 0.231. The van der Waals surface area contributed by atoms with Crippen molar-refractivity contribution in [1.29, 1.82) is 0 Å². The van der Waals surface area contributed by atoms with Crippen LogP contribution in [0.2, 0.25) is 0 Å². The standard InChI is InChI=1S/C59H67NO13S5/c1-61-21-24-64-27-30-67-48-15-7-44(8-16-48)38-71-52-33-47(41-70-51-13-5-43(6-14-51)35-60-36-54-55(37-60)77-59(76-54)58-75-42-56(74-4)78-58)34-53(72-39-45-9-17-49(18-10-45)68-31-28-65-25-22-62-2)57(52)73-40-46-11-19-50(20-12-46)69-32-29-66-26-23-63-3/h5-20,33-34,36-37,42H,21-32,35,38-41H2,1-4H3. The fraction of sp³-hybridized carbons (Fsp3) is 0.356. The van der Waals surface area contributed by atoms with Crippen molar-refractivity contribution in [2.45, 2.75) is 42.8 Å². The van der Waals surface area contributed by atoms with Gasteiger partial charge in [-0.25, -0.2) is 0 Å². The second-order valence-corrected chi connectivity index (χ2v) is 23.0. The summed E-state index contributed by atoms with van der Waals surface area (Å²) in [4.78, 5) is 2.61. The Hall–Kier alpha value is -5.03. The third-order valence-electron chi connectivity index (χ3n) is 11.5. The SMILES string of the molecule is COCCOCCOc1ccc(COc2cc(COc3ccc(Cn4cc5c(c4)SC(=C4SC=C(SC)S4)S5)cc3)cc(OCc3ccc(OCCOCCOC)cc3)c2OCc2ccc(OCCOCCOC)cc2)cc1. The molecule has 0 bridgehead atoms. The van der Waals surface area contributed by atoms with E-state index >= 15 is 0 Å². The van der Waals surface area contributed by atoms with Gasteiger partial charge in [-0.15, -0.1) is 11.8 Å². The normalized spacial score (nSPS) is 12.9. The molecule has 78 heavy (non-hydrogen) atoms. The van der Waals surface area contributed by atoms with Crippen LogP contribution in [0.3, 0.4) is 0 Å². The van der Waals surface area contributed by atoms with Crippen molar-refractivity contribution in [2.75, 3.05) is 107 Å². The molecule has 0 atom stereocenters. The van der Waals surface area contributed by atoms with E-state index in [0.29, 0.717) is 96.5 Å². The average Bonchev–Trinajstić information content (AvgIpc) is 4.25. The molecule has 2 aliphatic rings. The molecular weight excluding hydrogens is 1090 g/mol. The maximum absolute atomic E-state index is 6.69. The van der Waals surface area contributed by atoms with Crippen LogP contribution in [-0.2, 0) is 61.4 Å². The highest BCUT2D eigenvalue weighted by Crippen LogP contribution is 2.60. The largest absolute Gasteiger partial charge is 0.491 e. The van der Waals surface area contributed by atoms with Crippen molar-refractivity contribution in [1.82, 2.24) is 4.57 Å². The number of thioether (sulfide) groups is 5. The Morgan fingerprint density at radius 3 is 1.22 bits per heavy atom. The first-order valence-corrected chi connectivity index (χ1v) is 30.0. The molecule has 6 aromatic rings. The maximum atomic E-state index is 6.69. The molecule has 0 unspecified atom stereocenters. The Bertz CT molecular complexity index is 2680. The van der Waals surface area contributed by atoms with E-state index in [0.717, 1.165) is 51.8 Å². The lowest BCUT2D eigenvalue weighted by molar-refractivity contribution is 0.0544. The minimum Gasteiger partial charge on any atom is -0.491 e. The van der Waals surface area contributed by atoms with Crippen LogP contribution in [0.4, 0.5) is 0 Å². The van der Waals surface area contributed by atoms with Crippen molar-refractivity contribution in [3.8, 4) is 40.2 Å². The van der Waals surface area contributed by atoms with Crippen LogP contribution >= 0.6 is 58.8 Å². The van der Waals surface area contributed by atoms with Gasteiger partial charge in [0, 0.05) is 50.1 Å². The molecule has 0 radical (unpaired) electrons. The summed E-state index contributed by atoms with van der Waals surface area (Å²) in [6.45, 7) is 7.57. The van der Waals surface area contributed by atoms with E-state index in [4.69, 9.17) is 61.6 Å². The molecule has 14 nitrogen and oxygen atoms in total. The molecule has 8 rings (SSSR count). The first kappa shape index (κ1) is 59.1. The van der Waals surface area contributed by atoms with Gasteiger partial charge in [0.2, 0.25) is 5.75 Å². The highest BCUT2D eigenvalue weighted by atomic mass is 32.2. The number of ether oxygens (including phenoxy) is 13. The van der Waals surface area contributed by atoms with E-state index in [1.54, 1.807) is 33.1 Å². The number of nitrogens with zero attached hydrogens (tertiary/aromatic N) is 1. The van der Waals surface area contributed by atoms with Gasteiger partial charge in [0.1, 0.15) is 69.2 Å². The number of hydrogen-bond acceptors (Lipinski definition) is 18. The monoisotopic (exact) mass is 1160 g/mol. The first-order chi connectivity index (χ1) is 38.4. The van der Waals surface area contributed by atoms with Crippen LogP contribution in [0, 0.1) is 0 Å². The van der Waals surface area contributed by atoms with Gasteiger partial charge < -0.3 is 66.1 Å². The van der Waals surface area contributed by atoms with Gasteiger partial charge in [-0.3, -0.25) is 0 Å². The van der Waals surface area contributed by atoms with Crippen molar-refractivity contribution < 1.29 is 61.6 Å². The number of hydrogen-bond donors (Lipinski definition) is 0. The van der Waals surface area contributed by atoms with Crippen molar-refractivity contribution in [2.24, 2.45) is 0 Å². The van der Waals surface area contributed by atoms with Gasteiger partial charge >= 0.3 is 0 Å². The van der Waals surface area contributed by atoms with Crippen LogP contribution in [0.1, 0.15) is 27.8 Å². The Morgan fingerprint density at radius 2 is 0.795 bits per heavy atom. The molecule has 0 saturated carbocycles. The Balaban J connectivity index is 0.969. The highest BCUT2D eigenvalue weighted by molar-refractivity contribution is 8.37.